The summed E-state index contributed by atoms with van der Waals surface area (Å²) in [7, 11) is 1.99. The highest BCUT2D eigenvalue weighted by Gasteiger charge is 2.21. The van der Waals surface area contributed by atoms with Gasteiger partial charge in [0.25, 0.3) is 5.69 Å². The first-order chi connectivity index (χ1) is 9.58. The molecule has 20 heavy (non-hydrogen) atoms. The molecule has 0 bridgehead atoms. The molecule has 1 aliphatic carbocycles. The zero-order valence-corrected chi connectivity index (χ0v) is 13.1. The molecule has 1 aromatic carbocycles. The molecule has 0 amide bonds. The van der Waals surface area contributed by atoms with E-state index in [4.69, 9.17) is 4.74 Å². The fourth-order valence-corrected chi connectivity index (χ4v) is 2.49. The molecule has 0 spiro atoms. The first-order valence-corrected chi connectivity index (χ1v) is 7.55. The molecule has 1 aliphatic rings. The Balaban J connectivity index is 1.81. The summed E-state index contributed by atoms with van der Waals surface area (Å²) < 4.78 is 6.16. The second kappa shape index (κ2) is 7.15. The maximum Gasteiger partial charge on any atom is 0.283 e. The fourth-order valence-electron chi connectivity index (χ4n) is 1.95. The summed E-state index contributed by atoms with van der Waals surface area (Å²) in [6.07, 6.45) is 2.60. The van der Waals surface area contributed by atoms with Crippen molar-refractivity contribution in [3.05, 3.63) is 38.3 Å². The second-order valence-electron chi connectivity index (χ2n) is 5.26. The highest BCUT2D eigenvalue weighted by atomic mass is 79.9. The minimum atomic E-state index is -0.369. The number of benzene rings is 1. The summed E-state index contributed by atoms with van der Waals surface area (Å²) in [6.45, 7) is 3.06. The fraction of sp³-hybridized carbons (Fsp3) is 0.571. The van der Waals surface area contributed by atoms with Crippen molar-refractivity contribution >= 4 is 21.6 Å². The van der Waals surface area contributed by atoms with Gasteiger partial charge in [-0.2, -0.15) is 0 Å². The van der Waals surface area contributed by atoms with Gasteiger partial charge in [-0.05, 0) is 47.3 Å². The Morgan fingerprint density at radius 3 is 2.90 bits per heavy atom. The number of hydrogen-bond donors (Lipinski definition) is 0. The molecule has 1 saturated carbocycles. The smallest absolute Gasteiger partial charge is 0.283 e. The summed E-state index contributed by atoms with van der Waals surface area (Å²) in [5, 5.41) is 10.9. The number of halogens is 1. The molecule has 0 heterocycles. The molecule has 6 heteroatoms. The lowest BCUT2D eigenvalue weighted by atomic mass is 10.2. The van der Waals surface area contributed by atoms with E-state index in [0.717, 1.165) is 24.6 Å². The van der Waals surface area contributed by atoms with Crippen LogP contribution in [0, 0.1) is 16.0 Å². The van der Waals surface area contributed by atoms with Crippen LogP contribution in [0.15, 0.2) is 22.7 Å². The van der Waals surface area contributed by atoms with E-state index < -0.39 is 0 Å². The zero-order chi connectivity index (χ0) is 14.5. The minimum Gasteiger partial charge on any atom is -0.380 e. The molecule has 2 rings (SSSR count). The van der Waals surface area contributed by atoms with Crippen molar-refractivity contribution in [2.75, 3.05) is 26.8 Å². The zero-order valence-electron chi connectivity index (χ0n) is 11.5. The third-order valence-electron chi connectivity index (χ3n) is 3.36. The number of hydrogen-bond acceptors (Lipinski definition) is 4. The second-order valence-corrected chi connectivity index (χ2v) is 6.06. The average Bonchev–Trinajstić information content (AvgIpc) is 3.21. The van der Waals surface area contributed by atoms with E-state index in [9.17, 15) is 10.1 Å². The largest absolute Gasteiger partial charge is 0.380 e. The maximum atomic E-state index is 10.9. The Labute approximate surface area is 127 Å². The molecule has 1 aromatic rings. The Hall–Kier alpha value is -0.980. The van der Waals surface area contributed by atoms with Crippen LogP contribution in [0.5, 0.6) is 0 Å². The van der Waals surface area contributed by atoms with Gasteiger partial charge in [-0.3, -0.25) is 15.0 Å². The summed E-state index contributed by atoms with van der Waals surface area (Å²) >= 11 is 3.32. The van der Waals surface area contributed by atoms with Gasteiger partial charge in [-0.1, -0.05) is 12.1 Å². The Bertz CT molecular complexity index is 477. The van der Waals surface area contributed by atoms with Crippen LogP contribution < -0.4 is 0 Å². The van der Waals surface area contributed by atoms with E-state index in [1.807, 2.05) is 13.1 Å². The Morgan fingerprint density at radius 1 is 1.50 bits per heavy atom. The van der Waals surface area contributed by atoms with Gasteiger partial charge in [-0.15, -0.1) is 0 Å². The van der Waals surface area contributed by atoms with E-state index in [-0.39, 0.29) is 10.6 Å². The topological polar surface area (TPSA) is 55.6 Å². The number of likely N-dealkylation sites (N-methyl/N-ethyl adjacent to an activating group) is 1. The lowest BCUT2D eigenvalue weighted by Crippen LogP contribution is -2.23. The van der Waals surface area contributed by atoms with E-state index in [0.29, 0.717) is 17.6 Å². The lowest BCUT2D eigenvalue weighted by Gasteiger charge is -2.17. The molecule has 0 aromatic heterocycles. The molecular formula is C14H19BrN2O3. The van der Waals surface area contributed by atoms with Crippen molar-refractivity contribution in [2.45, 2.75) is 19.4 Å². The first kappa shape index (κ1) is 15.4. The van der Waals surface area contributed by atoms with Gasteiger partial charge in [0, 0.05) is 25.8 Å². The Morgan fingerprint density at radius 2 is 2.25 bits per heavy atom. The number of nitro groups is 1. The molecular weight excluding hydrogens is 324 g/mol. The number of ether oxygens (including phenoxy) is 1. The van der Waals surface area contributed by atoms with Crippen LogP contribution in [0.1, 0.15) is 18.4 Å². The van der Waals surface area contributed by atoms with Gasteiger partial charge in [0.2, 0.25) is 0 Å². The van der Waals surface area contributed by atoms with Crippen LogP contribution >= 0.6 is 15.9 Å². The summed E-state index contributed by atoms with van der Waals surface area (Å²) in [4.78, 5) is 12.6. The molecule has 0 aliphatic heterocycles. The summed E-state index contributed by atoms with van der Waals surface area (Å²) in [5.41, 5.74) is 1.03. The normalized spacial score (nSPS) is 14.8. The van der Waals surface area contributed by atoms with Crippen LogP contribution in [0.2, 0.25) is 0 Å². The third-order valence-corrected chi connectivity index (χ3v) is 4.28. The van der Waals surface area contributed by atoms with Crippen LogP contribution in [-0.2, 0) is 11.3 Å². The number of nitro benzene ring substituents is 1. The standard InChI is InChI=1S/C14H19BrN2O3/c1-16(7-8-20-10-11-5-6-11)9-12-3-2-4-13(14(12)15)17(18)19/h2-4,11H,5-10H2,1H3. The molecule has 110 valence electrons. The van der Waals surface area contributed by atoms with Gasteiger partial charge in [0.1, 0.15) is 0 Å². The summed E-state index contributed by atoms with van der Waals surface area (Å²) in [5.74, 6) is 0.784. The van der Waals surface area contributed by atoms with Crippen molar-refractivity contribution < 1.29 is 9.66 Å². The minimum absolute atomic E-state index is 0.112. The van der Waals surface area contributed by atoms with Crippen LogP contribution in [0.25, 0.3) is 0 Å². The van der Waals surface area contributed by atoms with Crippen molar-refractivity contribution in [1.82, 2.24) is 4.90 Å². The van der Waals surface area contributed by atoms with Crippen LogP contribution in [-0.4, -0.2) is 36.6 Å². The highest BCUT2D eigenvalue weighted by molar-refractivity contribution is 9.10. The molecule has 0 unspecified atom stereocenters. The average molecular weight is 343 g/mol. The van der Waals surface area contributed by atoms with Crippen LogP contribution in [0.4, 0.5) is 5.69 Å². The third kappa shape index (κ3) is 4.54. The van der Waals surface area contributed by atoms with Crippen molar-refractivity contribution in [2.24, 2.45) is 5.92 Å². The SMILES string of the molecule is CN(CCOCC1CC1)Cc1cccc([N+](=O)[O-])c1Br. The summed E-state index contributed by atoms with van der Waals surface area (Å²) in [6, 6.07) is 5.13. The van der Waals surface area contributed by atoms with Gasteiger partial charge >= 0.3 is 0 Å². The molecule has 0 atom stereocenters. The van der Waals surface area contributed by atoms with Gasteiger partial charge in [0.15, 0.2) is 0 Å². The van der Waals surface area contributed by atoms with Crippen molar-refractivity contribution in [3.8, 4) is 0 Å². The predicted molar refractivity (Wildman–Crippen MR) is 80.7 cm³/mol. The molecule has 0 N–H and O–H groups in total. The van der Waals surface area contributed by atoms with Gasteiger partial charge in [0.05, 0.1) is 16.0 Å². The molecule has 1 fully saturated rings. The van der Waals surface area contributed by atoms with E-state index >= 15 is 0 Å². The lowest BCUT2D eigenvalue weighted by molar-refractivity contribution is -0.385. The monoisotopic (exact) mass is 342 g/mol. The van der Waals surface area contributed by atoms with Crippen molar-refractivity contribution in [1.29, 1.82) is 0 Å². The molecule has 0 saturated heterocycles. The molecule has 5 nitrogen and oxygen atoms in total. The van der Waals surface area contributed by atoms with E-state index in [1.165, 1.54) is 18.9 Å². The maximum absolute atomic E-state index is 10.9. The quantitative estimate of drug-likeness (QED) is 0.413. The predicted octanol–water partition coefficient (Wildman–Crippen LogP) is 3.22. The highest BCUT2D eigenvalue weighted by Crippen LogP contribution is 2.29. The van der Waals surface area contributed by atoms with Gasteiger partial charge < -0.3 is 4.74 Å². The van der Waals surface area contributed by atoms with E-state index in [2.05, 4.69) is 20.8 Å². The van der Waals surface area contributed by atoms with Gasteiger partial charge in [-0.25, -0.2) is 0 Å². The number of nitrogens with zero attached hydrogens (tertiary/aromatic N) is 2. The van der Waals surface area contributed by atoms with Crippen molar-refractivity contribution in [3.63, 3.8) is 0 Å². The number of rotatable bonds is 8. The van der Waals surface area contributed by atoms with E-state index in [1.54, 1.807) is 6.07 Å². The first-order valence-electron chi connectivity index (χ1n) is 6.76. The Kier molecular flexibility index (Phi) is 5.51. The van der Waals surface area contributed by atoms with Crippen LogP contribution in [0.3, 0.4) is 0 Å². The molecule has 0 radical (unpaired) electrons.